The zero-order chi connectivity index (χ0) is 18.1. The fourth-order valence-corrected chi connectivity index (χ4v) is 4.92. The number of nitrogens with zero attached hydrogens (tertiary/aromatic N) is 2. The molecule has 2 heterocycles. The Balaban J connectivity index is 1.75. The highest BCUT2D eigenvalue weighted by atomic mass is 16.2. The van der Waals surface area contributed by atoms with Crippen molar-refractivity contribution >= 4 is 5.91 Å². The van der Waals surface area contributed by atoms with E-state index in [0.717, 1.165) is 24.1 Å². The Labute approximate surface area is 149 Å². The molecule has 2 fully saturated rings. The largest absolute Gasteiger partial charge is 0.337 e. The molecule has 25 heavy (non-hydrogen) atoms. The molecule has 1 saturated heterocycles. The molecule has 0 radical (unpaired) electrons. The number of H-pyrrole nitrogens is 1. The van der Waals surface area contributed by atoms with Crippen LogP contribution in [0.5, 0.6) is 0 Å². The summed E-state index contributed by atoms with van der Waals surface area (Å²) in [7, 11) is 0. The Hall–Kier alpha value is -2.09. The molecule has 5 nitrogen and oxygen atoms in total. The predicted octanol–water partition coefficient (Wildman–Crippen LogP) is 2.98. The fraction of sp³-hybridized carbons (Fsp3) is 0.650. The molecule has 3 rings (SSSR count). The number of aryl methyl sites for hydroxylation is 1. The third-order valence-corrected chi connectivity index (χ3v) is 6.14. The number of carbonyl (C=O) groups excluding carboxylic acids is 1. The summed E-state index contributed by atoms with van der Waals surface area (Å²) >= 11 is 0. The van der Waals surface area contributed by atoms with Crippen molar-refractivity contribution in [3.8, 4) is 6.07 Å². The van der Waals surface area contributed by atoms with Crippen molar-refractivity contribution in [1.29, 1.82) is 5.26 Å². The van der Waals surface area contributed by atoms with E-state index >= 15 is 0 Å². The normalized spacial score (nSPS) is 25.5. The van der Waals surface area contributed by atoms with Crippen molar-refractivity contribution in [3.63, 3.8) is 0 Å². The maximum absolute atomic E-state index is 12.9. The van der Waals surface area contributed by atoms with Gasteiger partial charge in [-0.15, -0.1) is 0 Å². The van der Waals surface area contributed by atoms with E-state index in [4.69, 9.17) is 0 Å². The van der Waals surface area contributed by atoms with E-state index in [1.807, 2.05) is 13.0 Å². The Bertz CT molecular complexity index is 774. The topological polar surface area (TPSA) is 77.0 Å². The Morgan fingerprint density at radius 2 is 2.04 bits per heavy atom. The number of fused-ring (bicyclic) bond motifs is 1. The van der Waals surface area contributed by atoms with Crippen LogP contribution in [0, 0.1) is 31.1 Å². The molecule has 0 aromatic carbocycles. The van der Waals surface area contributed by atoms with Crippen LogP contribution in [0.1, 0.15) is 67.8 Å². The minimum Gasteiger partial charge on any atom is -0.337 e. The number of likely N-dealkylation sites (tertiary alicyclic amines) is 1. The number of aromatic amines is 1. The van der Waals surface area contributed by atoms with Crippen molar-refractivity contribution in [3.05, 3.63) is 32.7 Å². The number of aromatic nitrogens is 1. The van der Waals surface area contributed by atoms with Crippen LogP contribution in [0.25, 0.3) is 0 Å². The SMILES string of the molecule is Cc1[nH]c(=O)c(C#N)c(C)c1CCC(=O)N1C(C)CC2CCCCC21. The molecule has 1 aliphatic carbocycles. The van der Waals surface area contributed by atoms with E-state index in [1.165, 1.54) is 19.3 Å². The molecule has 5 heteroatoms. The molecule has 1 amide bonds. The van der Waals surface area contributed by atoms with Gasteiger partial charge in [0, 0.05) is 24.2 Å². The highest BCUT2D eigenvalue weighted by Crippen LogP contribution is 2.39. The van der Waals surface area contributed by atoms with Crippen molar-refractivity contribution < 1.29 is 4.79 Å². The van der Waals surface area contributed by atoms with Crippen molar-refractivity contribution in [2.45, 2.75) is 77.8 Å². The first-order valence-corrected chi connectivity index (χ1v) is 9.37. The highest BCUT2D eigenvalue weighted by molar-refractivity contribution is 5.77. The maximum Gasteiger partial charge on any atom is 0.266 e. The molecular weight excluding hydrogens is 314 g/mol. The lowest BCUT2D eigenvalue weighted by Crippen LogP contribution is -2.42. The van der Waals surface area contributed by atoms with Crippen LogP contribution in [0.4, 0.5) is 0 Å². The molecule has 134 valence electrons. The second-order valence-corrected chi connectivity index (χ2v) is 7.67. The lowest BCUT2D eigenvalue weighted by atomic mass is 9.85. The molecule has 1 N–H and O–H groups in total. The molecule has 3 atom stereocenters. The van der Waals surface area contributed by atoms with Gasteiger partial charge < -0.3 is 9.88 Å². The van der Waals surface area contributed by atoms with Gasteiger partial charge in [-0.25, -0.2) is 0 Å². The summed E-state index contributed by atoms with van der Waals surface area (Å²) in [4.78, 5) is 29.6. The fourth-order valence-electron chi connectivity index (χ4n) is 4.92. The first-order valence-electron chi connectivity index (χ1n) is 9.37. The van der Waals surface area contributed by atoms with Gasteiger partial charge in [-0.1, -0.05) is 12.8 Å². The number of carbonyl (C=O) groups is 1. The Kier molecular flexibility index (Phi) is 4.99. The van der Waals surface area contributed by atoms with Crippen molar-refractivity contribution in [2.75, 3.05) is 0 Å². The first kappa shape index (κ1) is 17.7. The van der Waals surface area contributed by atoms with Gasteiger partial charge in [-0.2, -0.15) is 5.26 Å². The highest BCUT2D eigenvalue weighted by Gasteiger charge is 2.42. The Morgan fingerprint density at radius 3 is 2.76 bits per heavy atom. The van der Waals surface area contributed by atoms with Gasteiger partial charge in [0.2, 0.25) is 5.91 Å². The summed E-state index contributed by atoms with van der Waals surface area (Å²) in [6, 6.07) is 2.73. The summed E-state index contributed by atoms with van der Waals surface area (Å²) in [6.07, 6.45) is 7.04. The smallest absolute Gasteiger partial charge is 0.266 e. The summed E-state index contributed by atoms with van der Waals surface area (Å²) in [5.41, 5.74) is 2.22. The van der Waals surface area contributed by atoms with E-state index < -0.39 is 0 Å². The van der Waals surface area contributed by atoms with Gasteiger partial charge in [0.25, 0.3) is 5.56 Å². The van der Waals surface area contributed by atoms with Gasteiger partial charge in [-0.05, 0) is 63.5 Å². The molecular formula is C20H27N3O2. The van der Waals surface area contributed by atoms with Crippen LogP contribution in [0.15, 0.2) is 4.79 Å². The van der Waals surface area contributed by atoms with Gasteiger partial charge in [-0.3, -0.25) is 9.59 Å². The first-order chi connectivity index (χ1) is 11.9. The summed E-state index contributed by atoms with van der Waals surface area (Å²) in [5.74, 6) is 0.889. The van der Waals surface area contributed by atoms with E-state index in [0.29, 0.717) is 36.4 Å². The number of hydrogen-bond donors (Lipinski definition) is 1. The van der Waals surface area contributed by atoms with Crippen LogP contribution in [-0.2, 0) is 11.2 Å². The van der Waals surface area contributed by atoms with Crippen LogP contribution in [0.3, 0.4) is 0 Å². The molecule has 3 unspecified atom stereocenters. The predicted molar refractivity (Wildman–Crippen MR) is 96.2 cm³/mol. The van der Waals surface area contributed by atoms with Crippen LogP contribution in [0.2, 0.25) is 0 Å². The van der Waals surface area contributed by atoms with Crippen molar-refractivity contribution in [2.24, 2.45) is 5.92 Å². The standard InChI is InChI=1S/C20H27N3O2/c1-12-10-15-6-4-5-7-18(15)23(12)19(24)9-8-16-13(2)17(11-21)20(25)22-14(16)3/h12,15,18H,4-10H2,1-3H3,(H,22,25). The van der Waals surface area contributed by atoms with Crippen LogP contribution < -0.4 is 5.56 Å². The van der Waals surface area contributed by atoms with Gasteiger partial charge in [0.1, 0.15) is 11.6 Å². The number of pyridine rings is 1. The summed E-state index contributed by atoms with van der Waals surface area (Å²) in [6.45, 7) is 5.81. The molecule has 1 aliphatic heterocycles. The molecule has 0 spiro atoms. The minimum atomic E-state index is -0.342. The number of rotatable bonds is 3. The average molecular weight is 341 g/mol. The third-order valence-electron chi connectivity index (χ3n) is 6.14. The molecule has 1 saturated carbocycles. The zero-order valence-corrected chi connectivity index (χ0v) is 15.4. The van der Waals surface area contributed by atoms with Crippen LogP contribution in [-0.4, -0.2) is 27.9 Å². The summed E-state index contributed by atoms with van der Waals surface area (Å²) < 4.78 is 0. The number of nitriles is 1. The second kappa shape index (κ2) is 7.03. The van der Waals surface area contributed by atoms with Gasteiger partial charge in [0.05, 0.1) is 0 Å². The zero-order valence-electron chi connectivity index (χ0n) is 15.4. The van der Waals surface area contributed by atoms with Gasteiger partial charge >= 0.3 is 0 Å². The van der Waals surface area contributed by atoms with Crippen LogP contribution >= 0.6 is 0 Å². The number of nitrogens with one attached hydrogen (secondary N) is 1. The molecule has 1 aromatic rings. The lowest BCUT2D eigenvalue weighted by Gasteiger charge is -2.33. The average Bonchev–Trinajstić information content (AvgIpc) is 2.90. The quantitative estimate of drug-likeness (QED) is 0.918. The molecule has 2 aliphatic rings. The summed E-state index contributed by atoms with van der Waals surface area (Å²) in [5, 5.41) is 9.18. The molecule has 0 bridgehead atoms. The molecule has 1 aromatic heterocycles. The van der Waals surface area contributed by atoms with E-state index in [2.05, 4.69) is 16.8 Å². The minimum absolute atomic E-state index is 0.162. The van der Waals surface area contributed by atoms with E-state index in [-0.39, 0.29) is 17.0 Å². The number of amides is 1. The van der Waals surface area contributed by atoms with Crippen molar-refractivity contribution in [1.82, 2.24) is 9.88 Å². The monoisotopic (exact) mass is 341 g/mol. The third kappa shape index (κ3) is 3.22. The van der Waals surface area contributed by atoms with Gasteiger partial charge in [0.15, 0.2) is 0 Å². The Morgan fingerprint density at radius 1 is 1.32 bits per heavy atom. The second-order valence-electron chi connectivity index (χ2n) is 7.67. The maximum atomic E-state index is 12.9. The number of hydrogen-bond acceptors (Lipinski definition) is 3. The van der Waals surface area contributed by atoms with E-state index in [9.17, 15) is 14.9 Å². The van der Waals surface area contributed by atoms with E-state index in [1.54, 1.807) is 6.92 Å². The lowest BCUT2D eigenvalue weighted by molar-refractivity contribution is -0.134.